The summed E-state index contributed by atoms with van der Waals surface area (Å²) in [5.74, 6) is 0.684. The number of nitrogen functional groups attached to an aromatic ring is 1. The van der Waals surface area contributed by atoms with E-state index in [1.54, 1.807) is 23.6 Å². The van der Waals surface area contributed by atoms with Crippen molar-refractivity contribution < 1.29 is 0 Å². The van der Waals surface area contributed by atoms with E-state index in [1.807, 2.05) is 0 Å². The molecule has 0 amide bonds. The monoisotopic (exact) mass is 267 g/mol. The van der Waals surface area contributed by atoms with Gasteiger partial charge in [-0.2, -0.15) is 11.3 Å². The van der Waals surface area contributed by atoms with Crippen LogP contribution in [0.15, 0.2) is 29.1 Å². The van der Waals surface area contributed by atoms with Crippen molar-refractivity contribution in [2.24, 2.45) is 0 Å². The van der Waals surface area contributed by atoms with Crippen LogP contribution in [0.25, 0.3) is 0 Å². The lowest BCUT2D eigenvalue weighted by molar-refractivity contribution is 0.787. The Labute approximate surface area is 110 Å². The number of hydrogen-bond donors (Lipinski definition) is 2. The number of anilines is 2. The Morgan fingerprint density at radius 1 is 1.59 bits per heavy atom. The number of pyridine rings is 1. The van der Waals surface area contributed by atoms with Crippen LogP contribution in [0.4, 0.5) is 11.5 Å². The predicted octanol–water partition coefficient (Wildman–Crippen LogP) is 3.42. The molecule has 1 atom stereocenters. The van der Waals surface area contributed by atoms with E-state index in [0.29, 0.717) is 16.5 Å². The van der Waals surface area contributed by atoms with Crippen LogP contribution in [-0.4, -0.2) is 11.0 Å². The summed E-state index contributed by atoms with van der Waals surface area (Å²) in [7, 11) is 0. The Morgan fingerprint density at radius 2 is 2.41 bits per heavy atom. The van der Waals surface area contributed by atoms with Crippen LogP contribution in [0.2, 0.25) is 5.02 Å². The van der Waals surface area contributed by atoms with Gasteiger partial charge in [0, 0.05) is 6.04 Å². The summed E-state index contributed by atoms with van der Waals surface area (Å²) in [6, 6.07) is 4.10. The first-order valence-electron chi connectivity index (χ1n) is 5.34. The Hall–Kier alpha value is -1.26. The second kappa shape index (κ2) is 5.38. The maximum absolute atomic E-state index is 6.05. The number of nitrogens with zero attached hydrogens (tertiary/aromatic N) is 1. The smallest absolute Gasteiger partial charge is 0.145 e. The van der Waals surface area contributed by atoms with Gasteiger partial charge in [0.05, 0.1) is 16.9 Å². The van der Waals surface area contributed by atoms with Crippen molar-refractivity contribution in [1.29, 1.82) is 0 Å². The molecule has 2 aromatic rings. The van der Waals surface area contributed by atoms with Gasteiger partial charge >= 0.3 is 0 Å². The Bertz CT molecular complexity index is 485. The number of nitrogens with two attached hydrogens (primary N) is 1. The molecule has 17 heavy (non-hydrogen) atoms. The fourth-order valence-electron chi connectivity index (χ4n) is 1.61. The fraction of sp³-hybridized carbons (Fsp3) is 0.250. The molecule has 0 saturated carbocycles. The van der Waals surface area contributed by atoms with Crippen LogP contribution >= 0.6 is 22.9 Å². The number of thiophene rings is 1. The highest BCUT2D eigenvalue weighted by Crippen LogP contribution is 2.22. The number of aromatic nitrogens is 1. The van der Waals surface area contributed by atoms with Crippen molar-refractivity contribution in [2.75, 3.05) is 11.1 Å². The zero-order valence-corrected chi connectivity index (χ0v) is 11.1. The lowest BCUT2D eigenvalue weighted by Crippen LogP contribution is -2.18. The third-order valence-electron chi connectivity index (χ3n) is 2.37. The van der Waals surface area contributed by atoms with E-state index in [4.69, 9.17) is 17.3 Å². The highest BCUT2D eigenvalue weighted by molar-refractivity contribution is 7.07. The number of hydrogen-bond acceptors (Lipinski definition) is 4. The van der Waals surface area contributed by atoms with Crippen molar-refractivity contribution in [3.8, 4) is 0 Å². The summed E-state index contributed by atoms with van der Waals surface area (Å²) in [4.78, 5) is 4.18. The summed E-state index contributed by atoms with van der Waals surface area (Å²) in [6.45, 7) is 2.10. The molecular formula is C12H14ClN3S. The highest BCUT2D eigenvalue weighted by atomic mass is 35.5. The lowest BCUT2D eigenvalue weighted by atomic mass is 10.1. The van der Waals surface area contributed by atoms with Gasteiger partial charge in [0.25, 0.3) is 0 Å². The number of nitrogens with one attached hydrogen (secondary N) is 1. The van der Waals surface area contributed by atoms with Crippen LogP contribution in [0, 0.1) is 0 Å². The van der Waals surface area contributed by atoms with E-state index in [0.717, 1.165) is 6.42 Å². The van der Waals surface area contributed by atoms with Crippen molar-refractivity contribution in [3.05, 3.63) is 39.7 Å². The third-order valence-corrected chi connectivity index (χ3v) is 3.39. The Balaban J connectivity index is 2.00. The molecule has 0 radical (unpaired) electrons. The van der Waals surface area contributed by atoms with Gasteiger partial charge in [-0.25, -0.2) is 4.98 Å². The SMILES string of the molecule is CC(Cc1ccsc1)Nc1ncc(N)cc1Cl. The largest absolute Gasteiger partial charge is 0.397 e. The van der Waals surface area contributed by atoms with E-state index < -0.39 is 0 Å². The van der Waals surface area contributed by atoms with Crippen molar-refractivity contribution >= 4 is 34.4 Å². The molecule has 0 aromatic carbocycles. The molecule has 0 aliphatic heterocycles. The molecule has 0 spiro atoms. The van der Waals surface area contributed by atoms with Gasteiger partial charge in [-0.05, 0) is 41.8 Å². The Morgan fingerprint density at radius 3 is 3.06 bits per heavy atom. The molecule has 90 valence electrons. The van der Waals surface area contributed by atoms with Gasteiger partial charge in [-0.15, -0.1) is 0 Å². The summed E-state index contributed by atoms with van der Waals surface area (Å²) in [6.07, 6.45) is 2.55. The van der Waals surface area contributed by atoms with Crippen LogP contribution in [0.5, 0.6) is 0 Å². The van der Waals surface area contributed by atoms with E-state index >= 15 is 0 Å². The standard InChI is InChI=1S/C12H14ClN3S/c1-8(4-9-2-3-17-7-9)16-12-11(13)5-10(14)6-15-12/h2-3,5-8H,4,14H2,1H3,(H,15,16). The van der Waals surface area contributed by atoms with Gasteiger partial charge < -0.3 is 11.1 Å². The van der Waals surface area contributed by atoms with E-state index in [9.17, 15) is 0 Å². The van der Waals surface area contributed by atoms with Gasteiger partial charge in [-0.1, -0.05) is 11.6 Å². The maximum atomic E-state index is 6.05. The minimum Gasteiger partial charge on any atom is -0.397 e. The molecule has 2 aromatic heterocycles. The predicted molar refractivity (Wildman–Crippen MR) is 74.8 cm³/mol. The minimum atomic E-state index is 0.276. The van der Waals surface area contributed by atoms with Gasteiger partial charge in [0.1, 0.15) is 5.82 Å². The van der Waals surface area contributed by atoms with E-state index in [-0.39, 0.29) is 6.04 Å². The van der Waals surface area contributed by atoms with Gasteiger partial charge in [-0.3, -0.25) is 0 Å². The highest BCUT2D eigenvalue weighted by Gasteiger charge is 2.08. The van der Waals surface area contributed by atoms with Crippen LogP contribution in [0.1, 0.15) is 12.5 Å². The molecule has 0 saturated heterocycles. The second-order valence-corrected chi connectivity index (χ2v) is 5.17. The quantitative estimate of drug-likeness (QED) is 0.892. The second-order valence-electron chi connectivity index (χ2n) is 3.98. The van der Waals surface area contributed by atoms with Gasteiger partial charge in [0.15, 0.2) is 0 Å². The first-order valence-corrected chi connectivity index (χ1v) is 6.66. The molecule has 5 heteroatoms. The lowest BCUT2D eigenvalue weighted by Gasteiger charge is -2.14. The molecule has 3 N–H and O–H groups in total. The Kier molecular flexibility index (Phi) is 3.86. The maximum Gasteiger partial charge on any atom is 0.145 e. The normalized spacial score (nSPS) is 12.4. The average molecular weight is 268 g/mol. The minimum absolute atomic E-state index is 0.276. The molecule has 0 aliphatic carbocycles. The summed E-state index contributed by atoms with van der Waals surface area (Å²) >= 11 is 7.76. The van der Waals surface area contributed by atoms with Crippen molar-refractivity contribution in [2.45, 2.75) is 19.4 Å². The molecule has 2 heterocycles. The molecule has 0 aliphatic rings. The zero-order chi connectivity index (χ0) is 12.3. The summed E-state index contributed by atoms with van der Waals surface area (Å²) < 4.78 is 0. The molecule has 0 bridgehead atoms. The topological polar surface area (TPSA) is 50.9 Å². The van der Waals surface area contributed by atoms with Crippen LogP contribution in [0.3, 0.4) is 0 Å². The third kappa shape index (κ3) is 3.35. The first-order chi connectivity index (χ1) is 8.15. The van der Waals surface area contributed by atoms with E-state index in [1.165, 1.54) is 5.56 Å². The number of rotatable bonds is 4. The molecule has 0 fully saturated rings. The molecule has 2 rings (SSSR count). The summed E-state index contributed by atoms with van der Waals surface area (Å²) in [5.41, 5.74) is 7.49. The molecular weight excluding hydrogens is 254 g/mol. The van der Waals surface area contributed by atoms with Gasteiger partial charge in [0.2, 0.25) is 0 Å². The zero-order valence-electron chi connectivity index (χ0n) is 9.48. The fourth-order valence-corrected chi connectivity index (χ4v) is 2.52. The van der Waals surface area contributed by atoms with Crippen LogP contribution < -0.4 is 11.1 Å². The average Bonchev–Trinajstić information content (AvgIpc) is 2.75. The first kappa shape index (κ1) is 12.2. The summed E-state index contributed by atoms with van der Waals surface area (Å²) in [5, 5.41) is 8.07. The van der Waals surface area contributed by atoms with Crippen molar-refractivity contribution in [1.82, 2.24) is 4.98 Å². The van der Waals surface area contributed by atoms with Crippen LogP contribution in [-0.2, 0) is 6.42 Å². The molecule has 1 unspecified atom stereocenters. The van der Waals surface area contributed by atoms with E-state index in [2.05, 4.69) is 34.1 Å². The number of halogens is 1. The molecule has 3 nitrogen and oxygen atoms in total. The van der Waals surface area contributed by atoms with Crippen molar-refractivity contribution in [3.63, 3.8) is 0 Å².